The van der Waals surface area contributed by atoms with Gasteiger partial charge in [-0.25, -0.2) is 0 Å². The van der Waals surface area contributed by atoms with Crippen LogP contribution in [0.4, 0.5) is 0 Å². The third-order valence-electron chi connectivity index (χ3n) is 3.60. The number of benzene rings is 1. The molecule has 2 rings (SSSR count). The van der Waals surface area contributed by atoms with Gasteiger partial charge < -0.3 is 14.9 Å². The summed E-state index contributed by atoms with van der Waals surface area (Å²) >= 11 is 0. The van der Waals surface area contributed by atoms with E-state index in [0.29, 0.717) is 5.56 Å². The second kappa shape index (κ2) is 5.61. The van der Waals surface area contributed by atoms with Crippen LogP contribution in [0.25, 0.3) is 0 Å². The van der Waals surface area contributed by atoms with Gasteiger partial charge in [-0.15, -0.1) is 0 Å². The fourth-order valence-electron chi connectivity index (χ4n) is 2.69. The van der Waals surface area contributed by atoms with Crippen LogP contribution in [0.2, 0.25) is 0 Å². The Morgan fingerprint density at radius 2 is 2.21 bits per heavy atom. The van der Waals surface area contributed by atoms with Crippen molar-refractivity contribution in [3.63, 3.8) is 0 Å². The lowest BCUT2D eigenvalue weighted by Gasteiger charge is -2.27. The molecule has 0 saturated carbocycles. The fourth-order valence-corrected chi connectivity index (χ4v) is 2.69. The highest BCUT2D eigenvalue weighted by Crippen LogP contribution is 2.25. The first-order valence-corrected chi connectivity index (χ1v) is 6.74. The SMILES string of the molecule is Cc1ccc(C(=O)N2CCCC2CN(C)C)c(O)c1. The lowest BCUT2D eigenvalue weighted by molar-refractivity contribution is 0.0713. The van der Waals surface area contributed by atoms with Crippen LogP contribution < -0.4 is 0 Å². The molecule has 1 saturated heterocycles. The van der Waals surface area contributed by atoms with E-state index >= 15 is 0 Å². The largest absolute Gasteiger partial charge is 0.507 e. The molecular weight excluding hydrogens is 240 g/mol. The first-order chi connectivity index (χ1) is 8.99. The minimum absolute atomic E-state index is 0.0538. The van der Waals surface area contributed by atoms with Gasteiger partial charge in [0.2, 0.25) is 0 Å². The Bertz CT molecular complexity index is 471. The summed E-state index contributed by atoms with van der Waals surface area (Å²) in [6.07, 6.45) is 2.08. The fraction of sp³-hybridized carbons (Fsp3) is 0.533. The van der Waals surface area contributed by atoms with Crippen molar-refractivity contribution in [1.29, 1.82) is 0 Å². The van der Waals surface area contributed by atoms with Gasteiger partial charge in [-0.2, -0.15) is 0 Å². The van der Waals surface area contributed by atoms with E-state index in [9.17, 15) is 9.90 Å². The van der Waals surface area contributed by atoms with Crippen molar-refractivity contribution in [3.8, 4) is 5.75 Å². The normalized spacial score (nSPS) is 19.2. The number of likely N-dealkylation sites (N-methyl/N-ethyl adjacent to an activating group) is 1. The second-order valence-electron chi connectivity index (χ2n) is 5.58. The maximum Gasteiger partial charge on any atom is 0.257 e. The van der Waals surface area contributed by atoms with Crippen molar-refractivity contribution in [3.05, 3.63) is 29.3 Å². The van der Waals surface area contributed by atoms with Crippen molar-refractivity contribution >= 4 is 5.91 Å². The molecule has 1 aromatic rings. The standard InChI is InChI=1S/C15H22N2O2/c1-11-6-7-13(14(18)9-11)15(19)17-8-4-5-12(17)10-16(2)3/h6-7,9,12,18H,4-5,8,10H2,1-3H3. The summed E-state index contributed by atoms with van der Waals surface area (Å²) in [6, 6.07) is 5.48. The van der Waals surface area contributed by atoms with Crippen LogP contribution >= 0.6 is 0 Å². The Morgan fingerprint density at radius 1 is 1.47 bits per heavy atom. The molecule has 0 aromatic heterocycles. The quantitative estimate of drug-likeness (QED) is 0.904. The van der Waals surface area contributed by atoms with E-state index in [-0.39, 0.29) is 17.7 Å². The molecule has 0 bridgehead atoms. The average molecular weight is 262 g/mol. The number of likely N-dealkylation sites (tertiary alicyclic amines) is 1. The topological polar surface area (TPSA) is 43.8 Å². The van der Waals surface area contributed by atoms with Gasteiger partial charge >= 0.3 is 0 Å². The lowest BCUT2D eigenvalue weighted by atomic mass is 10.1. The average Bonchev–Trinajstić information content (AvgIpc) is 2.75. The maximum atomic E-state index is 12.5. The van der Waals surface area contributed by atoms with E-state index in [1.165, 1.54) is 0 Å². The Kier molecular flexibility index (Phi) is 4.10. The highest BCUT2D eigenvalue weighted by atomic mass is 16.3. The highest BCUT2D eigenvalue weighted by molar-refractivity contribution is 5.97. The van der Waals surface area contributed by atoms with Gasteiger partial charge in [-0.3, -0.25) is 4.79 Å². The van der Waals surface area contributed by atoms with Crippen LogP contribution in [0.5, 0.6) is 5.75 Å². The number of nitrogens with zero attached hydrogens (tertiary/aromatic N) is 2. The van der Waals surface area contributed by atoms with Gasteiger partial charge in [0.25, 0.3) is 5.91 Å². The number of carbonyl (C=O) groups is 1. The molecular formula is C15H22N2O2. The van der Waals surface area contributed by atoms with Crippen LogP contribution in [-0.4, -0.2) is 54.0 Å². The molecule has 1 aliphatic rings. The Morgan fingerprint density at radius 3 is 2.84 bits per heavy atom. The number of hydrogen-bond acceptors (Lipinski definition) is 3. The third-order valence-corrected chi connectivity index (χ3v) is 3.60. The van der Waals surface area contributed by atoms with Crippen molar-refractivity contribution < 1.29 is 9.90 Å². The predicted octanol–water partition coefficient (Wildman–Crippen LogP) is 1.87. The van der Waals surface area contributed by atoms with Gasteiger partial charge in [0.15, 0.2) is 0 Å². The van der Waals surface area contributed by atoms with E-state index < -0.39 is 0 Å². The van der Waals surface area contributed by atoms with Crippen molar-refractivity contribution in [2.45, 2.75) is 25.8 Å². The molecule has 1 unspecified atom stereocenters. The molecule has 0 aliphatic carbocycles. The van der Waals surface area contributed by atoms with Gasteiger partial charge in [0.05, 0.1) is 5.56 Å². The number of phenols is 1. The highest BCUT2D eigenvalue weighted by Gasteiger charge is 2.30. The molecule has 19 heavy (non-hydrogen) atoms. The first-order valence-electron chi connectivity index (χ1n) is 6.74. The number of amides is 1. The Labute approximate surface area is 114 Å². The van der Waals surface area contributed by atoms with Crippen LogP contribution in [0.15, 0.2) is 18.2 Å². The Balaban J connectivity index is 2.18. The summed E-state index contributed by atoms with van der Waals surface area (Å²) in [7, 11) is 4.04. The molecule has 0 spiro atoms. The van der Waals surface area contributed by atoms with Crippen LogP contribution in [-0.2, 0) is 0 Å². The zero-order valence-corrected chi connectivity index (χ0v) is 11.9. The second-order valence-corrected chi connectivity index (χ2v) is 5.58. The number of aromatic hydroxyl groups is 1. The van der Waals surface area contributed by atoms with Gasteiger partial charge in [-0.05, 0) is 51.6 Å². The molecule has 1 aromatic carbocycles. The minimum atomic E-state index is -0.0538. The van der Waals surface area contributed by atoms with E-state index in [2.05, 4.69) is 4.90 Å². The molecule has 4 nitrogen and oxygen atoms in total. The van der Waals surface area contributed by atoms with Gasteiger partial charge in [0, 0.05) is 19.1 Å². The molecule has 1 heterocycles. The van der Waals surface area contributed by atoms with Gasteiger partial charge in [0.1, 0.15) is 5.75 Å². The van der Waals surface area contributed by atoms with Gasteiger partial charge in [-0.1, -0.05) is 6.07 Å². The summed E-state index contributed by atoms with van der Waals surface area (Å²) in [5.41, 5.74) is 1.37. The number of rotatable bonds is 3. The first kappa shape index (κ1) is 13.9. The number of hydrogen-bond donors (Lipinski definition) is 1. The number of carbonyl (C=O) groups excluding carboxylic acids is 1. The van der Waals surface area contributed by atoms with E-state index in [1.807, 2.05) is 32.0 Å². The van der Waals surface area contributed by atoms with Crippen molar-refractivity contribution in [2.75, 3.05) is 27.2 Å². The summed E-state index contributed by atoms with van der Waals surface area (Å²) in [5.74, 6) is 0.0300. The zero-order chi connectivity index (χ0) is 14.0. The lowest BCUT2D eigenvalue weighted by Crippen LogP contribution is -2.41. The van der Waals surface area contributed by atoms with Crippen LogP contribution in [0.3, 0.4) is 0 Å². The van der Waals surface area contributed by atoms with E-state index in [0.717, 1.165) is 31.5 Å². The molecule has 104 valence electrons. The molecule has 1 amide bonds. The molecule has 1 fully saturated rings. The van der Waals surface area contributed by atoms with E-state index in [4.69, 9.17) is 0 Å². The van der Waals surface area contributed by atoms with Crippen molar-refractivity contribution in [1.82, 2.24) is 9.80 Å². The summed E-state index contributed by atoms with van der Waals surface area (Å²) in [5, 5.41) is 9.93. The number of aryl methyl sites for hydroxylation is 1. The molecule has 0 radical (unpaired) electrons. The summed E-state index contributed by atoms with van der Waals surface area (Å²) in [6.45, 7) is 3.56. The van der Waals surface area contributed by atoms with E-state index in [1.54, 1.807) is 12.1 Å². The monoisotopic (exact) mass is 262 g/mol. The van der Waals surface area contributed by atoms with Crippen LogP contribution in [0, 0.1) is 6.92 Å². The third kappa shape index (κ3) is 3.07. The minimum Gasteiger partial charge on any atom is -0.507 e. The Hall–Kier alpha value is -1.55. The zero-order valence-electron chi connectivity index (χ0n) is 11.9. The molecule has 4 heteroatoms. The smallest absolute Gasteiger partial charge is 0.257 e. The maximum absolute atomic E-state index is 12.5. The van der Waals surface area contributed by atoms with Crippen LogP contribution in [0.1, 0.15) is 28.8 Å². The molecule has 1 aliphatic heterocycles. The van der Waals surface area contributed by atoms with Crippen molar-refractivity contribution in [2.24, 2.45) is 0 Å². The molecule has 1 N–H and O–H groups in total. The summed E-state index contributed by atoms with van der Waals surface area (Å²) < 4.78 is 0. The predicted molar refractivity (Wildman–Crippen MR) is 75.5 cm³/mol. The summed E-state index contributed by atoms with van der Waals surface area (Å²) in [4.78, 5) is 16.5. The number of phenolic OH excluding ortho intramolecular Hbond substituents is 1. The molecule has 1 atom stereocenters.